The van der Waals surface area contributed by atoms with Crippen LogP contribution in [-0.4, -0.2) is 23.9 Å². The Morgan fingerprint density at radius 3 is 2.38 bits per heavy atom. The standard InChI is InChI=1S/C16H21N3O2/c1-16(2,3)19-14(20)9-10-18-15(21)13(11-17)12-7-5-4-6-8-12/h4-8,13H,9-10H2,1-3H3,(H,18,21)(H,19,20). The number of nitrogens with zero attached hydrogens (tertiary/aromatic N) is 1. The maximum absolute atomic E-state index is 12.0. The fraction of sp³-hybridized carbons (Fsp3) is 0.438. The number of benzene rings is 1. The maximum atomic E-state index is 12.0. The van der Waals surface area contributed by atoms with Crippen molar-refractivity contribution in [1.82, 2.24) is 10.6 Å². The van der Waals surface area contributed by atoms with Crippen LogP contribution in [-0.2, 0) is 9.59 Å². The Labute approximate surface area is 125 Å². The van der Waals surface area contributed by atoms with E-state index in [-0.39, 0.29) is 30.3 Å². The van der Waals surface area contributed by atoms with Gasteiger partial charge in [-0.2, -0.15) is 5.26 Å². The second-order valence-corrected chi connectivity index (χ2v) is 5.81. The number of hydrogen-bond donors (Lipinski definition) is 2. The largest absolute Gasteiger partial charge is 0.354 e. The minimum atomic E-state index is -0.850. The Morgan fingerprint density at radius 2 is 1.86 bits per heavy atom. The highest BCUT2D eigenvalue weighted by molar-refractivity contribution is 5.87. The molecule has 0 saturated heterocycles. The third-order valence-electron chi connectivity index (χ3n) is 2.69. The molecule has 0 fully saturated rings. The van der Waals surface area contributed by atoms with Crippen LogP contribution < -0.4 is 10.6 Å². The van der Waals surface area contributed by atoms with Crippen molar-refractivity contribution in [2.75, 3.05) is 6.54 Å². The van der Waals surface area contributed by atoms with E-state index in [2.05, 4.69) is 10.6 Å². The van der Waals surface area contributed by atoms with Crippen molar-refractivity contribution >= 4 is 11.8 Å². The molecular formula is C16H21N3O2. The maximum Gasteiger partial charge on any atom is 0.241 e. The molecule has 0 aliphatic heterocycles. The van der Waals surface area contributed by atoms with Crippen molar-refractivity contribution in [3.8, 4) is 6.07 Å². The van der Waals surface area contributed by atoms with Gasteiger partial charge in [0.2, 0.25) is 11.8 Å². The number of carbonyl (C=O) groups is 2. The molecule has 5 heteroatoms. The zero-order valence-electron chi connectivity index (χ0n) is 12.6. The van der Waals surface area contributed by atoms with Crippen molar-refractivity contribution in [1.29, 1.82) is 5.26 Å². The van der Waals surface area contributed by atoms with Crippen LogP contribution >= 0.6 is 0 Å². The van der Waals surface area contributed by atoms with E-state index < -0.39 is 5.92 Å². The molecule has 1 aromatic carbocycles. The first-order valence-corrected chi connectivity index (χ1v) is 6.87. The van der Waals surface area contributed by atoms with Crippen molar-refractivity contribution in [2.45, 2.75) is 38.6 Å². The second-order valence-electron chi connectivity index (χ2n) is 5.81. The van der Waals surface area contributed by atoms with Crippen molar-refractivity contribution in [3.05, 3.63) is 35.9 Å². The van der Waals surface area contributed by atoms with E-state index in [4.69, 9.17) is 5.26 Å². The molecule has 1 rings (SSSR count). The van der Waals surface area contributed by atoms with Gasteiger partial charge in [-0.05, 0) is 26.3 Å². The van der Waals surface area contributed by atoms with Gasteiger partial charge in [0.1, 0.15) is 5.92 Å². The smallest absolute Gasteiger partial charge is 0.241 e. The molecule has 2 amide bonds. The van der Waals surface area contributed by atoms with Gasteiger partial charge in [0, 0.05) is 18.5 Å². The van der Waals surface area contributed by atoms with Gasteiger partial charge in [0.15, 0.2) is 0 Å². The molecule has 112 valence electrons. The summed E-state index contributed by atoms with van der Waals surface area (Å²) in [6, 6.07) is 10.8. The number of carbonyl (C=O) groups excluding carboxylic acids is 2. The van der Waals surface area contributed by atoms with Crippen LogP contribution in [0.25, 0.3) is 0 Å². The quantitative estimate of drug-likeness (QED) is 0.865. The fourth-order valence-corrected chi connectivity index (χ4v) is 1.81. The van der Waals surface area contributed by atoms with E-state index in [0.717, 1.165) is 0 Å². The monoisotopic (exact) mass is 287 g/mol. The van der Waals surface area contributed by atoms with Crippen molar-refractivity contribution in [3.63, 3.8) is 0 Å². The van der Waals surface area contributed by atoms with Crippen molar-refractivity contribution in [2.24, 2.45) is 0 Å². The van der Waals surface area contributed by atoms with Gasteiger partial charge < -0.3 is 10.6 Å². The normalized spacial score (nSPS) is 12.1. The summed E-state index contributed by atoms with van der Waals surface area (Å²) >= 11 is 0. The van der Waals surface area contributed by atoms with Crippen LogP contribution in [0.15, 0.2) is 30.3 Å². The Bertz CT molecular complexity index is 527. The Kier molecular flexibility index (Phi) is 5.92. The summed E-state index contributed by atoms with van der Waals surface area (Å²) in [5.74, 6) is -1.36. The lowest BCUT2D eigenvalue weighted by atomic mass is 10.00. The number of nitrogens with one attached hydrogen (secondary N) is 2. The SMILES string of the molecule is CC(C)(C)NC(=O)CCNC(=O)C(C#N)c1ccccc1. The summed E-state index contributed by atoms with van der Waals surface area (Å²) < 4.78 is 0. The number of rotatable bonds is 5. The van der Waals surface area contributed by atoms with Gasteiger partial charge >= 0.3 is 0 Å². The van der Waals surface area contributed by atoms with Gasteiger partial charge in [-0.1, -0.05) is 30.3 Å². The minimum Gasteiger partial charge on any atom is -0.354 e. The van der Waals surface area contributed by atoms with E-state index in [0.29, 0.717) is 5.56 Å². The Hall–Kier alpha value is -2.35. The van der Waals surface area contributed by atoms with E-state index in [1.165, 1.54) is 0 Å². The number of hydrogen-bond acceptors (Lipinski definition) is 3. The Balaban J connectivity index is 2.47. The average Bonchev–Trinajstić information content (AvgIpc) is 2.38. The molecule has 0 heterocycles. The lowest BCUT2D eigenvalue weighted by Crippen LogP contribution is -2.42. The molecular weight excluding hydrogens is 266 g/mol. The highest BCUT2D eigenvalue weighted by Crippen LogP contribution is 2.14. The zero-order valence-corrected chi connectivity index (χ0v) is 12.6. The molecule has 0 saturated carbocycles. The summed E-state index contributed by atoms with van der Waals surface area (Å²) in [6.45, 7) is 5.89. The van der Waals surface area contributed by atoms with Gasteiger partial charge in [-0.15, -0.1) is 0 Å². The van der Waals surface area contributed by atoms with Gasteiger partial charge in [0.25, 0.3) is 0 Å². The molecule has 1 unspecified atom stereocenters. The van der Waals surface area contributed by atoms with E-state index >= 15 is 0 Å². The van der Waals surface area contributed by atoms with Crippen LogP contribution in [0, 0.1) is 11.3 Å². The predicted molar refractivity (Wildman–Crippen MR) is 80.3 cm³/mol. The third-order valence-corrected chi connectivity index (χ3v) is 2.69. The molecule has 0 bridgehead atoms. The predicted octanol–water partition coefficient (Wildman–Crippen LogP) is 1.71. The molecule has 0 radical (unpaired) electrons. The molecule has 1 aromatic rings. The second kappa shape index (κ2) is 7.44. The van der Waals surface area contributed by atoms with Gasteiger partial charge in [0.05, 0.1) is 6.07 Å². The van der Waals surface area contributed by atoms with Crippen LogP contribution in [0.2, 0.25) is 0 Å². The first kappa shape index (κ1) is 16.7. The molecule has 5 nitrogen and oxygen atoms in total. The number of nitriles is 1. The minimum absolute atomic E-state index is 0.129. The zero-order chi connectivity index (χ0) is 15.9. The first-order chi connectivity index (χ1) is 9.83. The summed E-state index contributed by atoms with van der Waals surface area (Å²) in [5.41, 5.74) is 0.358. The van der Waals surface area contributed by atoms with Gasteiger partial charge in [-0.25, -0.2) is 0 Å². The van der Waals surface area contributed by atoms with Crippen molar-refractivity contribution < 1.29 is 9.59 Å². The molecule has 21 heavy (non-hydrogen) atoms. The average molecular weight is 287 g/mol. The van der Waals surface area contributed by atoms with Crippen LogP contribution in [0.3, 0.4) is 0 Å². The number of amides is 2. The summed E-state index contributed by atoms with van der Waals surface area (Å²) in [5, 5.41) is 14.6. The van der Waals surface area contributed by atoms with Crippen LogP contribution in [0.4, 0.5) is 0 Å². The molecule has 0 aliphatic rings. The lowest BCUT2D eigenvalue weighted by Gasteiger charge is -2.20. The fourth-order valence-electron chi connectivity index (χ4n) is 1.81. The highest BCUT2D eigenvalue weighted by Gasteiger charge is 2.20. The molecule has 0 spiro atoms. The molecule has 2 N–H and O–H groups in total. The molecule has 1 atom stereocenters. The van der Waals surface area contributed by atoms with Crippen LogP contribution in [0.5, 0.6) is 0 Å². The van der Waals surface area contributed by atoms with E-state index in [9.17, 15) is 9.59 Å². The summed E-state index contributed by atoms with van der Waals surface area (Å²) in [6.07, 6.45) is 0.190. The summed E-state index contributed by atoms with van der Waals surface area (Å²) in [7, 11) is 0. The Morgan fingerprint density at radius 1 is 1.24 bits per heavy atom. The topological polar surface area (TPSA) is 82.0 Å². The summed E-state index contributed by atoms with van der Waals surface area (Å²) in [4.78, 5) is 23.6. The third kappa shape index (κ3) is 6.09. The highest BCUT2D eigenvalue weighted by atomic mass is 16.2. The first-order valence-electron chi connectivity index (χ1n) is 6.87. The lowest BCUT2D eigenvalue weighted by molar-refractivity contribution is -0.123. The van der Waals surface area contributed by atoms with Gasteiger partial charge in [-0.3, -0.25) is 9.59 Å². The van der Waals surface area contributed by atoms with E-state index in [1.807, 2.05) is 32.9 Å². The molecule has 0 aromatic heterocycles. The van der Waals surface area contributed by atoms with E-state index in [1.54, 1.807) is 24.3 Å². The molecule has 0 aliphatic carbocycles. The van der Waals surface area contributed by atoms with Crippen LogP contribution in [0.1, 0.15) is 38.7 Å².